The van der Waals surface area contributed by atoms with E-state index in [1.165, 1.54) is 18.9 Å². The van der Waals surface area contributed by atoms with Gasteiger partial charge in [0.05, 0.1) is 16.9 Å². The van der Waals surface area contributed by atoms with Gasteiger partial charge in [0.15, 0.2) is 0 Å². The molecule has 3 rings (SSSR count). The topological polar surface area (TPSA) is 81.1 Å². The molecule has 1 aliphatic carbocycles. The van der Waals surface area contributed by atoms with Crippen LogP contribution in [0.1, 0.15) is 34.8 Å². The number of anilines is 1. The lowest BCUT2D eigenvalue weighted by molar-refractivity contribution is 0.0697. The van der Waals surface area contributed by atoms with Gasteiger partial charge in [0.1, 0.15) is 0 Å². The van der Waals surface area contributed by atoms with Crippen LogP contribution in [0.15, 0.2) is 30.5 Å². The lowest BCUT2D eigenvalue weighted by atomic mass is 10.1. The van der Waals surface area contributed by atoms with Crippen molar-refractivity contribution >= 4 is 11.7 Å². The van der Waals surface area contributed by atoms with Crippen LogP contribution in [0.4, 0.5) is 5.69 Å². The van der Waals surface area contributed by atoms with Gasteiger partial charge in [-0.25, -0.2) is 9.48 Å². The standard InChI is InChI=1S/C13H13N3O2/c14-9-3-4-10(13(17)18)12(7-9)16-6-5-11(15-16)8-1-2-8/h3-8H,1-2,14H2,(H,17,18). The number of aromatic carboxylic acids is 1. The van der Waals surface area contributed by atoms with Crippen molar-refractivity contribution in [2.45, 2.75) is 18.8 Å². The number of carboxylic acid groups (broad SMARTS) is 1. The molecule has 0 atom stereocenters. The van der Waals surface area contributed by atoms with Gasteiger partial charge in [0.2, 0.25) is 0 Å². The second-order valence-corrected chi connectivity index (χ2v) is 4.54. The maximum Gasteiger partial charge on any atom is 0.337 e. The Morgan fingerprint density at radius 1 is 1.39 bits per heavy atom. The predicted octanol–water partition coefficient (Wildman–Crippen LogP) is 2.03. The molecule has 1 aromatic carbocycles. The molecular weight excluding hydrogens is 230 g/mol. The minimum Gasteiger partial charge on any atom is -0.478 e. The van der Waals surface area contributed by atoms with Gasteiger partial charge in [-0.2, -0.15) is 5.10 Å². The maximum atomic E-state index is 11.2. The highest BCUT2D eigenvalue weighted by Crippen LogP contribution is 2.39. The van der Waals surface area contributed by atoms with Crippen LogP contribution >= 0.6 is 0 Å². The third-order valence-corrected chi connectivity index (χ3v) is 3.10. The van der Waals surface area contributed by atoms with Gasteiger partial charge in [0, 0.05) is 17.8 Å². The molecule has 1 aliphatic rings. The van der Waals surface area contributed by atoms with Crippen LogP contribution in [-0.4, -0.2) is 20.9 Å². The van der Waals surface area contributed by atoms with Crippen LogP contribution in [0.5, 0.6) is 0 Å². The lowest BCUT2D eigenvalue weighted by Crippen LogP contribution is -2.07. The third kappa shape index (κ3) is 1.84. The van der Waals surface area contributed by atoms with E-state index in [0.29, 0.717) is 17.3 Å². The molecule has 0 bridgehead atoms. The van der Waals surface area contributed by atoms with E-state index in [1.54, 1.807) is 23.0 Å². The van der Waals surface area contributed by atoms with Crippen molar-refractivity contribution in [2.24, 2.45) is 0 Å². The summed E-state index contributed by atoms with van der Waals surface area (Å²) in [6.45, 7) is 0. The maximum absolute atomic E-state index is 11.2. The number of hydrogen-bond donors (Lipinski definition) is 2. The monoisotopic (exact) mass is 243 g/mol. The summed E-state index contributed by atoms with van der Waals surface area (Å²) in [5, 5.41) is 13.6. The number of benzene rings is 1. The quantitative estimate of drug-likeness (QED) is 0.808. The summed E-state index contributed by atoms with van der Waals surface area (Å²) in [6, 6.07) is 6.66. The summed E-state index contributed by atoms with van der Waals surface area (Å²) in [5.41, 5.74) is 7.97. The largest absolute Gasteiger partial charge is 0.478 e. The zero-order chi connectivity index (χ0) is 12.7. The molecule has 5 nitrogen and oxygen atoms in total. The number of carboxylic acids is 1. The molecule has 0 radical (unpaired) electrons. The molecule has 1 aromatic heterocycles. The number of nitrogens with two attached hydrogens (primary N) is 1. The molecule has 0 unspecified atom stereocenters. The molecule has 0 amide bonds. The Labute approximate surface area is 104 Å². The van der Waals surface area contributed by atoms with Gasteiger partial charge in [-0.1, -0.05) is 0 Å². The second kappa shape index (κ2) is 3.87. The Hall–Kier alpha value is -2.30. The molecule has 18 heavy (non-hydrogen) atoms. The number of rotatable bonds is 3. The smallest absolute Gasteiger partial charge is 0.337 e. The minimum absolute atomic E-state index is 0.203. The Bertz CT molecular complexity index is 614. The van der Waals surface area contributed by atoms with Gasteiger partial charge in [0.25, 0.3) is 0 Å². The summed E-state index contributed by atoms with van der Waals surface area (Å²) in [7, 11) is 0. The number of nitrogen functional groups attached to an aromatic ring is 1. The van der Waals surface area contributed by atoms with Crippen LogP contribution < -0.4 is 5.73 Å². The molecule has 0 saturated heterocycles. The number of aromatic nitrogens is 2. The van der Waals surface area contributed by atoms with Crippen LogP contribution in [0, 0.1) is 0 Å². The summed E-state index contributed by atoms with van der Waals surface area (Å²) in [4.78, 5) is 11.2. The van der Waals surface area contributed by atoms with Crippen molar-refractivity contribution in [3.8, 4) is 5.69 Å². The number of carbonyl (C=O) groups is 1. The molecule has 3 N–H and O–H groups in total. The highest BCUT2D eigenvalue weighted by atomic mass is 16.4. The first kappa shape index (κ1) is 10.8. The van der Waals surface area contributed by atoms with E-state index < -0.39 is 5.97 Å². The van der Waals surface area contributed by atoms with Crippen LogP contribution in [0.25, 0.3) is 5.69 Å². The average Bonchev–Trinajstić information content (AvgIpc) is 3.07. The van der Waals surface area contributed by atoms with Gasteiger partial charge >= 0.3 is 5.97 Å². The fraction of sp³-hybridized carbons (Fsp3) is 0.231. The summed E-state index contributed by atoms with van der Waals surface area (Å²) in [6.07, 6.45) is 4.12. The first-order valence-electron chi connectivity index (χ1n) is 5.84. The Balaban J connectivity index is 2.07. The normalized spacial score (nSPS) is 14.7. The predicted molar refractivity (Wildman–Crippen MR) is 66.9 cm³/mol. The third-order valence-electron chi connectivity index (χ3n) is 3.10. The van der Waals surface area contributed by atoms with Crippen molar-refractivity contribution in [3.05, 3.63) is 41.7 Å². The van der Waals surface area contributed by atoms with Crippen molar-refractivity contribution in [1.29, 1.82) is 0 Å². The zero-order valence-corrected chi connectivity index (χ0v) is 9.71. The van der Waals surface area contributed by atoms with Gasteiger partial charge < -0.3 is 10.8 Å². The van der Waals surface area contributed by atoms with Crippen LogP contribution in [0.3, 0.4) is 0 Å². The SMILES string of the molecule is Nc1ccc(C(=O)O)c(-n2ccc(C3CC3)n2)c1. The average molecular weight is 243 g/mol. The molecule has 5 heteroatoms. The Kier molecular flexibility index (Phi) is 2.33. The van der Waals surface area contributed by atoms with Crippen molar-refractivity contribution in [1.82, 2.24) is 9.78 Å². The highest BCUT2D eigenvalue weighted by molar-refractivity contribution is 5.92. The molecule has 2 aromatic rings. The number of nitrogens with zero attached hydrogens (tertiary/aromatic N) is 2. The number of hydrogen-bond acceptors (Lipinski definition) is 3. The molecule has 1 fully saturated rings. The van der Waals surface area contributed by atoms with Gasteiger partial charge in [-0.05, 0) is 37.1 Å². The molecular formula is C13H13N3O2. The van der Waals surface area contributed by atoms with Gasteiger partial charge in [-0.3, -0.25) is 0 Å². The van der Waals surface area contributed by atoms with Crippen molar-refractivity contribution in [2.75, 3.05) is 5.73 Å². The highest BCUT2D eigenvalue weighted by Gasteiger charge is 2.26. The molecule has 92 valence electrons. The van der Waals surface area contributed by atoms with Crippen molar-refractivity contribution < 1.29 is 9.90 Å². The second-order valence-electron chi connectivity index (χ2n) is 4.54. The lowest BCUT2D eigenvalue weighted by Gasteiger charge is -2.07. The molecule has 0 spiro atoms. The summed E-state index contributed by atoms with van der Waals surface area (Å²) >= 11 is 0. The van der Waals surface area contributed by atoms with E-state index in [0.717, 1.165) is 5.69 Å². The fourth-order valence-electron chi connectivity index (χ4n) is 1.99. The minimum atomic E-state index is -0.978. The first-order valence-corrected chi connectivity index (χ1v) is 5.84. The van der Waals surface area contributed by atoms with Crippen LogP contribution in [0.2, 0.25) is 0 Å². The van der Waals surface area contributed by atoms with Crippen molar-refractivity contribution in [3.63, 3.8) is 0 Å². The van der Waals surface area contributed by atoms with Gasteiger partial charge in [-0.15, -0.1) is 0 Å². The summed E-state index contributed by atoms with van der Waals surface area (Å²) < 4.78 is 1.59. The van der Waals surface area contributed by atoms with E-state index in [4.69, 9.17) is 10.8 Å². The van der Waals surface area contributed by atoms with Crippen LogP contribution in [-0.2, 0) is 0 Å². The van der Waals surface area contributed by atoms with E-state index in [-0.39, 0.29) is 5.56 Å². The van der Waals surface area contributed by atoms with E-state index in [2.05, 4.69) is 5.10 Å². The first-order chi connectivity index (χ1) is 8.65. The summed E-state index contributed by atoms with van der Waals surface area (Å²) in [5.74, 6) is -0.436. The molecule has 1 heterocycles. The van der Waals surface area contributed by atoms with E-state index in [1.807, 2.05) is 6.07 Å². The Morgan fingerprint density at radius 3 is 2.83 bits per heavy atom. The Morgan fingerprint density at radius 2 is 2.17 bits per heavy atom. The van der Waals surface area contributed by atoms with E-state index in [9.17, 15) is 4.79 Å². The zero-order valence-electron chi connectivity index (χ0n) is 9.71. The fourth-order valence-corrected chi connectivity index (χ4v) is 1.99. The van der Waals surface area contributed by atoms with E-state index >= 15 is 0 Å². The molecule has 0 aliphatic heterocycles. The molecule has 1 saturated carbocycles.